The van der Waals surface area contributed by atoms with Crippen molar-refractivity contribution in [2.75, 3.05) is 32.7 Å². The average Bonchev–Trinajstić information content (AvgIpc) is 2.62. The Morgan fingerprint density at radius 1 is 1.16 bits per heavy atom. The molecule has 0 spiro atoms. The largest absolute Gasteiger partial charge is 0.481 e. The molecule has 0 aromatic rings. The molecular weight excluding hydrogens is 250 g/mol. The molecule has 0 bridgehead atoms. The molecule has 2 heterocycles. The summed E-state index contributed by atoms with van der Waals surface area (Å²) in [7, 11) is 0. The van der Waals surface area contributed by atoms with Crippen LogP contribution in [0.3, 0.4) is 0 Å². The number of carbonyl (C=O) groups excluding carboxylic acids is 2. The Morgan fingerprint density at radius 2 is 1.84 bits per heavy atom. The summed E-state index contributed by atoms with van der Waals surface area (Å²) in [5, 5.41) is 11.6. The van der Waals surface area contributed by atoms with Crippen LogP contribution in [0.5, 0.6) is 0 Å². The first-order chi connectivity index (χ1) is 9.08. The van der Waals surface area contributed by atoms with Gasteiger partial charge in [-0.25, -0.2) is 4.79 Å². The monoisotopic (exact) mass is 269 g/mol. The smallest absolute Gasteiger partial charge is 0.320 e. The average molecular weight is 269 g/mol. The molecule has 7 heteroatoms. The Labute approximate surface area is 111 Å². The van der Waals surface area contributed by atoms with E-state index < -0.39 is 5.97 Å². The summed E-state index contributed by atoms with van der Waals surface area (Å²) in [5.74, 6) is -1.27. The van der Waals surface area contributed by atoms with E-state index >= 15 is 0 Å². The summed E-state index contributed by atoms with van der Waals surface area (Å²) >= 11 is 0. The van der Waals surface area contributed by atoms with E-state index in [1.165, 1.54) is 0 Å². The van der Waals surface area contributed by atoms with E-state index in [2.05, 4.69) is 5.32 Å². The zero-order chi connectivity index (χ0) is 13.8. The van der Waals surface area contributed by atoms with Gasteiger partial charge in [0.2, 0.25) is 5.91 Å². The van der Waals surface area contributed by atoms with Crippen LogP contribution < -0.4 is 5.32 Å². The number of likely N-dealkylation sites (tertiary alicyclic amines) is 1. The highest BCUT2D eigenvalue weighted by atomic mass is 16.4. The van der Waals surface area contributed by atoms with Crippen LogP contribution in [-0.2, 0) is 9.59 Å². The predicted octanol–water partition coefficient (Wildman–Crippen LogP) is -0.275. The van der Waals surface area contributed by atoms with E-state index in [1.54, 1.807) is 9.80 Å². The van der Waals surface area contributed by atoms with Gasteiger partial charge in [0.05, 0.1) is 5.92 Å². The number of nitrogens with zero attached hydrogens (tertiary/aromatic N) is 2. The first-order valence-corrected chi connectivity index (χ1v) is 6.61. The lowest BCUT2D eigenvalue weighted by atomic mass is 9.97. The Balaban J connectivity index is 1.89. The molecule has 106 valence electrons. The first kappa shape index (κ1) is 13.6. The van der Waals surface area contributed by atoms with Crippen LogP contribution in [0.4, 0.5) is 4.79 Å². The van der Waals surface area contributed by atoms with Gasteiger partial charge in [-0.05, 0) is 19.3 Å². The molecule has 0 aliphatic carbocycles. The second-order valence-corrected chi connectivity index (χ2v) is 5.01. The number of carboxylic acid groups (broad SMARTS) is 1. The Hall–Kier alpha value is -1.79. The third-order valence-electron chi connectivity index (χ3n) is 3.65. The lowest BCUT2D eigenvalue weighted by Crippen LogP contribution is -2.49. The summed E-state index contributed by atoms with van der Waals surface area (Å²) in [5.41, 5.74) is 0. The SMILES string of the molecule is O=C1CN(C(=O)N2CCC(C(=O)O)CC2)CCCN1. The highest BCUT2D eigenvalue weighted by Gasteiger charge is 2.30. The number of urea groups is 1. The van der Waals surface area contributed by atoms with Crippen LogP contribution in [0.25, 0.3) is 0 Å². The van der Waals surface area contributed by atoms with Crippen molar-refractivity contribution in [2.45, 2.75) is 19.3 Å². The molecule has 2 aliphatic rings. The number of hydrogen-bond acceptors (Lipinski definition) is 3. The maximum absolute atomic E-state index is 12.3. The highest BCUT2D eigenvalue weighted by Crippen LogP contribution is 2.18. The molecular formula is C12H19N3O4. The molecule has 2 saturated heterocycles. The van der Waals surface area contributed by atoms with E-state index in [-0.39, 0.29) is 24.4 Å². The van der Waals surface area contributed by atoms with Gasteiger partial charge in [0.1, 0.15) is 6.54 Å². The molecule has 2 N–H and O–H groups in total. The molecule has 0 aromatic carbocycles. The summed E-state index contributed by atoms with van der Waals surface area (Å²) in [4.78, 5) is 37.7. The van der Waals surface area contributed by atoms with Gasteiger partial charge >= 0.3 is 12.0 Å². The zero-order valence-electron chi connectivity index (χ0n) is 10.8. The Morgan fingerprint density at radius 3 is 2.47 bits per heavy atom. The van der Waals surface area contributed by atoms with Gasteiger partial charge in [0, 0.05) is 26.2 Å². The topological polar surface area (TPSA) is 90.0 Å². The number of amides is 3. The minimum atomic E-state index is -0.791. The third-order valence-corrected chi connectivity index (χ3v) is 3.65. The van der Waals surface area contributed by atoms with Crippen molar-refractivity contribution in [3.63, 3.8) is 0 Å². The van der Waals surface area contributed by atoms with Crippen LogP contribution >= 0.6 is 0 Å². The third kappa shape index (κ3) is 3.36. The molecule has 0 aromatic heterocycles. The van der Waals surface area contributed by atoms with Crippen molar-refractivity contribution in [3.05, 3.63) is 0 Å². The second-order valence-electron chi connectivity index (χ2n) is 5.01. The van der Waals surface area contributed by atoms with E-state index in [0.29, 0.717) is 39.0 Å². The lowest BCUT2D eigenvalue weighted by molar-refractivity contribution is -0.143. The molecule has 0 saturated carbocycles. The van der Waals surface area contributed by atoms with E-state index in [9.17, 15) is 14.4 Å². The van der Waals surface area contributed by atoms with Crippen molar-refractivity contribution >= 4 is 17.9 Å². The van der Waals surface area contributed by atoms with Crippen LogP contribution in [0.2, 0.25) is 0 Å². The minimum Gasteiger partial charge on any atom is -0.481 e. The Bertz CT molecular complexity index is 377. The van der Waals surface area contributed by atoms with Crippen molar-refractivity contribution in [1.29, 1.82) is 0 Å². The van der Waals surface area contributed by atoms with Crippen molar-refractivity contribution in [2.24, 2.45) is 5.92 Å². The Kier molecular flexibility index (Phi) is 4.24. The summed E-state index contributed by atoms with van der Waals surface area (Å²) in [6, 6.07) is -0.152. The fraction of sp³-hybridized carbons (Fsp3) is 0.750. The number of rotatable bonds is 1. The number of hydrogen-bond donors (Lipinski definition) is 2. The molecule has 2 aliphatic heterocycles. The van der Waals surface area contributed by atoms with Gasteiger partial charge in [0.15, 0.2) is 0 Å². The number of piperidine rings is 1. The van der Waals surface area contributed by atoms with Gasteiger partial charge in [-0.3, -0.25) is 9.59 Å². The number of carboxylic acids is 1. The highest BCUT2D eigenvalue weighted by molar-refractivity contribution is 5.84. The predicted molar refractivity (Wildman–Crippen MR) is 66.5 cm³/mol. The maximum atomic E-state index is 12.3. The van der Waals surface area contributed by atoms with Crippen LogP contribution in [0.1, 0.15) is 19.3 Å². The van der Waals surface area contributed by atoms with Crippen LogP contribution in [0, 0.1) is 5.92 Å². The molecule has 2 rings (SSSR count). The fourth-order valence-corrected chi connectivity index (χ4v) is 2.49. The first-order valence-electron chi connectivity index (χ1n) is 6.61. The molecule has 2 fully saturated rings. The minimum absolute atomic E-state index is 0.0949. The van der Waals surface area contributed by atoms with E-state index in [0.717, 1.165) is 6.42 Å². The van der Waals surface area contributed by atoms with E-state index in [1.807, 2.05) is 0 Å². The van der Waals surface area contributed by atoms with Crippen molar-refractivity contribution in [3.8, 4) is 0 Å². The van der Waals surface area contributed by atoms with Gasteiger partial charge in [0.25, 0.3) is 0 Å². The van der Waals surface area contributed by atoms with Crippen molar-refractivity contribution in [1.82, 2.24) is 15.1 Å². The van der Waals surface area contributed by atoms with Crippen LogP contribution in [-0.4, -0.2) is 65.5 Å². The van der Waals surface area contributed by atoms with Gasteiger partial charge in [-0.15, -0.1) is 0 Å². The zero-order valence-corrected chi connectivity index (χ0v) is 10.8. The molecule has 0 radical (unpaired) electrons. The maximum Gasteiger partial charge on any atom is 0.320 e. The quantitative estimate of drug-likeness (QED) is 0.685. The standard InChI is InChI=1S/C12H19N3O4/c16-10-8-15(5-1-4-13-10)12(19)14-6-2-9(3-7-14)11(17)18/h9H,1-8H2,(H,13,16)(H,17,18). The summed E-state index contributed by atoms with van der Waals surface area (Å²) in [6.45, 7) is 2.17. The second kappa shape index (κ2) is 5.90. The lowest BCUT2D eigenvalue weighted by Gasteiger charge is -2.33. The molecule has 0 unspecified atom stereocenters. The number of aliphatic carboxylic acids is 1. The molecule has 0 atom stereocenters. The van der Waals surface area contributed by atoms with Gasteiger partial charge in [-0.1, -0.05) is 0 Å². The normalized spacial score (nSPS) is 21.8. The van der Waals surface area contributed by atoms with Gasteiger partial charge in [-0.2, -0.15) is 0 Å². The molecule has 19 heavy (non-hydrogen) atoms. The van der Waals surface area contributed by atoms with Crippen LogP contribution in [0.15, 0.2) is 0 Å². The molecule has 3 amide bonds. The fourth-order valence-electron chi connectivity index (χ4n) is 2.49. The molecule has 7 nitrogen and oxygen atoms in total. The number of carbonyl (C=O) groups is 3. The van der Waals surface area contributed by atoms with Crippen molar-refractivity contribution < 1.29 is 19.5 Å². The summed E-state index contributed by atoms with van der Waals surface area (Å²) in [6.07, 6.45) is 1.73. The summed E-state index contributed by atoms with van der Waals surface area (Å²) < 4.78 is 0. The van der Waals surface area contributed by atoms with Gasteiger partial charge < -0.3 is 20.2 Å². The number of nitrogens with one attached hydrogen (secondary N) is 1. The van der Waals surface area contributed by atoms with E-state index in [4.69, 9.17) is 5.11 Å².